The Hall–Kier alpha value is -5.56. The Morgan fingerprint density at radius 3 is 1.47 bits per heavy atom. The average molecular weight is 603 g/mol. The minimum atomic E-state index is -0.715. The first-order chi connectivity index (χ1) is 22.0. The van der Waals surface area contributed by atoms with Crippen LogP contribution in [-0.4, -0.2) is 26.0 Å². The van der Waals surface area contributed by atoms with Crippen molar-refractivity contribution >= 4 is 11.8 Å². The Morgan fingerprint density at radius 1 is 0.556 bits per heavy atom. The number of ether oxygens (including phenoxy) is 5. The van der Waals surface area contributed by atoms with Gasteiger partial charge in [0.05, 0.1) is 25.3 Å². The van der Waals surface area contributed by atoms with Crippen LogP contribution in [0.2, 0.25) is 0 Å². The van der Waals surface area contributed by atoms with E-state index in [9.17, 15) is 9.59 Å². The first kappa shape index (κ1) is 30.9. The number of rotatable bonds is 13. The topological polar surface area (TPSA) is 80.3 Å². The van der Waals surface area contributed by atoms with Crippen molar-refractivity contribution in [1.29, 1.82) is 0 Å². The molecule has 5 aromatic carbocycles. The predicted octanol–water partition coefficient (Wildman–Crippen LogP) is 7.76. The third kappa shape index (κ3) is 7.70. The first-order valence-corrected chi connectivity index (χ1v) is 14.5. The van der Waals surface area contributed by atoms with Crippen molar-refractivity contribution in [3.63, 3.8) is 0 Å². The first-order valence-electron chi connectivity index (χ1n) is 14.5. The van der Waals surface area contributed by atoms with Gasteiger partial charge in [-0.25, -0.2) is 4.79 Å². The number of esters is 1. The Labute approximate surface area is 262 Å². The molecule has 0 bridgehead atoms. The van der Waals surface area contributed by atoms with E-state index in [1.54, 1.807) is 18.2 Å². The predicted molar refractivity (Wildman–Crippen MR) is 171 cm³/mol. The molecule has 0 heterocycles. The van der Waals surface area contributed by atoms with Crippen molar-refractivity contribution < 1.29 is 33.3 Å². The molecule has 0 N–H and O–H groups in total. The standard InChI is InChI=1S/C38H34O7/c1-26-19-33(44-24-28-15-9-5-10-16-28)36(34(20-26)45-25-29-17-11-6-12-18-29)37(39)35-31(38(40)42-3)21-30(22-32(35)41-2)43-23-27-13-7-4-8-14-27/h4-22H,23-25H2,1-3H3. The summed E-state index contributed by atoms with van der Waals surface area (Å²) in [5.41, 5.74) is 3.80. The molecule has 0 aliphatic carbocycles. The van der Waals surface area contributed by atoms with E-state index in [0.717, 1.165) is 22.3 Å². The fourth-order valence-corrected chi connectivity index (χ4v) is 4.85. The summed E-state index contributed by atoms with van der Waals surface area (Å²) in [4.78, 5) is 27.8. The van der Waals surface area contributed by atoms with Gasteiger partial charge in [0.15, 0.2) is 0 Å². The van der Waals surface area contributed by atoms with Gasteiger partial charge in [0, 0.05) is 6.07 Å². The van der Waals surface area contributed by atoms with Crippen LogP contribution in [0.1, 0.15) is 48.5 Å². The fourth-order valence-electron chi connectivity index (χ4n) is 4.85. The summed E-state index contributed by atoms with van der Waals surface area (Å²) in [6.07, 6.45) is 0. The lowest BCUT2D eigenvalue weighted by molar-refractivity contribution is 0.0596. The van der Waals surface area contributed by atoms with Crippen LogP contribution in [0.25, 0.3) is 0 Å². The minimum Gasteiger partial charge on any atom is -0.496 e. The molecule has 0 atom stereocenters. The van der Waals surface area contributed by atoms with Gasteiger partial charge in [-0.2, -0.15) is 0 Å². The van der Waals surface area contributed by atoms with Crippen molar-refractivity contribution in [2.45, 2.75) is 26.7 Å². The van der Waals surface area contributed by atoms with E-state index in [1.807, 2.05) is 97.9 Å². The third-order valence-electron chi connectivity index (χ3n) is 7.09. The molecule has 7 nitrogen and oxygen atoms in total. The molecule has 0 unspecified atom stereocenters. The van der Waals surface area contributed by atoms with Crippen molar-refractivity contribution in [2.24, 2.45) is 0 Å². The summed E-state index contributed by atoms with van der Waals surface area (Å²) >= 11 is 0. The summed E-state index contributed by atoms with van der Waals surface area (Å²) in [6, 6.07) is 35.6. The van der Waals surface area contributed by atoms with Crippen LogP contribution in [0.5, 0.6) is 23.0 Å². The van der Waals surface area contributed by atoms with Crippen LogP contribution in [0.3, 0.4) is 0 Å². The van der Waals surface area contributed by atoms with Gasteiger partial charge >= 0.3 is 5.97 Å². The lowest BCUT2D eigenvalue weighted by Gasteiger charge is -2.20. The normalized spacial score (nSPS) is 10.6. The van der Waals surface area contributed by atoms with Gasteiger partial charge < -0.3 is 23.7 Å². The lowest BCUT2D eigenvalue weighted by atomic mass is 9.94. The fraction of sp³-hybridized carbons (Fsp3) is 0.158. The number of aryl methyl sites for hydroxylation is 1. The van der Waals surface area contributed by atoms with Crippen LogP contribution < -0.4 is 18.9 Å². The largest absolute Gasteiger partial charge is 0.496 e. The lowest BCUT2D eigenvalue weighted by Crippen LogP contribution is -2.16. The summed E-state index contributed by atoms with van der Waals surface area (Å²) in [5, 5.41) is 0. The van der Waals surface area contributed by atoms with Gasteiger partial charge in [-0.3, -0.25) is 4.79 Å². The molecule has 0 saturated carbocycles. The zero-order chi connectivity index (χ0) is 31.6. The van der Waals surface area contributed by atoms with Crippen molar-refractivity contribution in [3.8, 4) is 23.0 Å². The maximum atomic E-state index is 14.6. The summed E-state index contributed by atoms with van der Waals surface area (Å²) in [6.45, 7) is 2.59. The highest BCUT2D eigenvalue weighted by Gasteiger charge is 2.30. The number of benzene rings is 5. The van der Waals surface area contributed by atoms with E-state index in [2.05, 4.69) is 0 Å². The quantitative estimate of drug-likeness (QED) is 0.101. The number of ketones is 1. The van der Waals surface area contributed by atoms with E-state index in [1.165, 1.54) is 20.3 Å². The Kier molecular flexibility index (Phi) is 10.1. The van der Waals surface area contributed by atoms with Gasteiger partial charge in [-0.15, -0.1) is 0 Å². The number of hydrogen-bond donors (Lipinski definition) is 0. The zero-order valence-corrected chi connectivity index (χ0v) is 25.4. The van der Waals surface area contributed by atoms with Crippen molar-refractivity contribution in [3.05, 3.63) is 154 Å². The SMILES string of the molecule is COC(=O)c1cc(OCc2ccccc2)cc(OC)c1C(=O)c1c(OCc2ccccc2)cc(C)cc1OCc1ccccc1. The van der Waals surface area contributed by atoms with E-state index >= 15 is 0 Å². The average Bonchev–Trinajstić information content (AvgIpc) is 3.09. The molecule has 5 aromatic rings. The molecule has 7 heteroatoms. The Morgan fingerprint density at radius 2 is 1.02 bits per heavy atom. The molecule has 45 heavy (non-hydrogen) atoms. The molecular formula is C38H34O7. The highest BCUT2D eigenvalue weighted by molar-refractivity contribution is 6.18. The van der Waals surface area contributed by atoms with Gasteiger partial charge in [0.25, 0.3) is 0 Å². The number of hydrogen-bond acceptors (Lipinski definition) is 7. The van der Waals surface area contributed by atoms with Gasteiger partial charge in [-0.1, -0.05) is 91.0 Å². The molecule has 0 spiro atoms. The zero-order valence-electron chi connectivity index (χ0n) is 25.4. The second-order valence-electron chi connectivity index (χ2n) is 10.3. The van der Waals surface area contributed by atoms with Gasteiger partial charge in [0.2, 0.25) is 5.78 Å². The summed E-state index contributed by atoms with van der Waals surface area (Å²) in [7, 11) is 2.69. The maximum Gasteiger partial charge on any atom is 0.338 e. The van der Waals surface area contributed by atoms with Crippen LogP contribution in [0, 0.1) is 6.92 Å². The second kappa shape index (κ2) is 14.8. The molecule has 0 saturated heterocycles. The number of methoxy groups -OCH3 is 2. The molecule has 0 fully saturated rings. The molecule has 0 amide bonds. The third-order valence-corrected chi connectivity index (χ3v) is 7.09. The number of carbonyl (C=O) groups is 2. The van der Waals surface area contributed by atoms with E-state index in [0.29, 0.717) is 17.2 Å². The summed E-state index contributed by atoms with van der Waals surface area (Å²) in [5.74, 6) is -0.115. The van der Waals surface area contributed by atoms with Crippen LogP contribution in [-0.2, 0) is 24.6 Å². The smallest absolute Gasteiger partial charge is 0.338 e. The summed E-state index contributed by atoms with van der Waals surface area (Å²) < 4.78 is 29.3. The van der Waals surface area contributed by atoms with Crippen molar-refractivity contribution in [2.75, 3.05) is 14.2 Å². The molecule has 0 aliphatic heterocycles. The number of carbonyl (C=O) groups excluding carboxylic acids is 2. The van der Waals surface area contributed by atoms with E-state index in [4.69, 9.17) is 23.7 Å². The van der Waals surface area contributed by atoms with Crippen molar-refractivity contribution in [1.82, 2.24) is 0 Å². The highest BCUT2D eigenvalue weighted by Crippen LogP contribution is 2.39. The van der Waals surface area contributed by atoms with Gasteiger partial charge in [-0.05, 0) is 47.4 Å². The Bertz CT molecular complexity index is 1690. The molecule has 0 aliphatic rings. The van der Waals surface area contributed by atoms with Crippen LogP contribution in [0.15, 0.2) is 115 Å². The maximum absolute atomic E-state index is 14.6. The van der Waals surface area contributed by atoms with Gasteiger partial charge in [0.1, 0.15) is 48.4 Å². The monoisotopic (exact) mass is 602 g/mol. The van der Waals surface area contributed by atoms with E-state index < -0.39 is 11.8 Å². The Balaban J connectivity index is 1.59. The molecule has 0 aromatic heterocycles. The van der Waals surface area contributed by atoms with E-state index in [-0.39, 0.29) is 42.3 Å². The molecule has 5 rings (SSSR count). The molecule has 228 valence electrons. The van der Waals surface area contributed by atoms with Crippen LogP contribution >= 0.6 is 0 Å². The second-order valence-corrected chi connectivity index (χ2v) is 10.3. The molecular weight excluding hydrogens is 568 g/mol. The molecule has 0 radical (unpaired) electrons. The highest BCUT2D eigenvalue weighted by atomic mass is 16.5. The van der Waals surface area contributed by atoms with Crippen LogP contribution in [0.4, 0.5) is 0 Å². The minimum absolute atomic E-state index is 0.00601.